The first-order valence-electron chi connectivity index (χ1n) is 7.68. The lowest BCUT2D eigenvalue weighted by Gasteiger charge is -2.25. The molecule has 1 saturated carbocycles. The summed E-state index contributed by atoms with van der Waals surface area (Å²) in [4.78, 5) is 25.4. The van der Waals surface area contributed by atoms with Gasteiger partial charge in [-0.2, -0.15) is 5.10 Å². The Morgan fingerprint density at radius 3 is 2.65 bits per heavy atom. The van der Waals surface area contributed by atoms with Gasteiger partial charge in [0.25, 0.3) is 5.91 Å². The third kappa shape index (κ3) is 3.41. The van der Waals surface area contributed by atoms with E-state index < -0.39 is 12.0 Å². The molecule has 1 atom stereocenters. The first-order chi connectivity index (χ1) is 11.1. The second-order valence-electron chi connectivity index (χ2n) is 5.87. The minimum atomic E-state index is -0.984. The van der Waals surface area contributed by atoms with Crippen molar-refractivity contribution < 1.29 is 14.7 Å². The maximum absolute atomic E-state index is 12.6. The van der Waals surface area contributed by atoms with E-state index in [9.17, 15) is 14.7 Å². The Labute approximate surface area is 134 Å². The van der Waals surface area contributed by atoms with Crippen LogP contribution in [0.4, 0.5) is 0 Å². The number of carbonyl (C=O) groups excluding carboxylic acids is 1. The molecule has 1 aliphatic rings. The summed E-state index contributed by atoms with van der Waals surface area (Å²) in [6.07, 6.45) is 4.91. The van der Waals surface area contributed by atoms with Gasteiger partial charge in [-0.3, -0.25) is 9.48 Å². The van der Waals surface area contributed by atoms with Crippen molar-refractivity contribution in [3.63, 3.8) is 0 Å². The van der Waals surface area contributed by atoms with E-state index in [-0.39, 0.29) is 11.9 Å². The van der Waals surface area contributed by atoms with Crippen LogP contribution < -0.4 is 0 Å². The number of rotatable bonds is 6. The highest BCUT2D eigenvalue weighted by Crippen LogP contribution is 2.30. The standard InChI is InChI=1S/C17H19N3O3/c1-12(17(22)23)20(15-7-8-15)16(21)14-9-18-19(11-14)10-13-5-3-2-4-6-13/h2-6,9,11-12,15H,7-8,10H2,1H3,(H,22,23). The molecule has 0 spiro atoms. The number of aromatic nitrogens is 2. The molecule has 6 nitrogen and oxygen atoms in total. The lowest BCUT2D eigenvalue weighted by molar-refractivity contribution is -0.141. The molecule has 3 rings (SSSR count). The normalized spacial score (nSPS) is 15.2. The minimum absolute atomic E-state index is 0.0334. The summed E-state index contributed by atoms with van der Waals surface area (Å²) in [7, 11) is 0. The quantitative estimate of drug-likeness (QED) is 0.885. The zero-order valence-corrected chi connectivity index (χ0v) is 12.9. The summed E-state index contributed by atoms with van der Waals surface area (Å²) in [5, 5.41) is 13.4. The van der Waals surface area contributed by atoms with Crippen molar-refractivity contribution in [3.8, 4) is 0 Å². The number of benzene rings is 1. The molecular formula is C17H19N3O3. The van der Waals surface area contributed by atoms with Crippen molar-refractivity contribution in [3.05, 3.63) is 53.9 Å². The van der Waals surface area contributed by atoms with Gasteiger partial charge in [-0.15, -0.1) is 0 Å². The molecule has 0 aliphatic heterocycles. The average Bonchev–Trinajstić information content (AvgIpc) is 3.26. The minimum Gasteiger partial charge on any atom is -0.480 e. The average molecular weight is 313 g/mol. The first-order valence-corrected chi connectivity index (χ1v) is 7.68. The third-order valence-electron chi connectivity index (χ3n) is 4.02. The molecule has 1 heterocycles. The summed E-state index contributed by atoms with van der Waals surface area (Å²) >= 11 is 0. The van der Waals surface area contributed by atoms with E-state index in [1.807, 2.05) is 30.3 Å². The zero-order valence-electron chi connectivity index (χ0n) is 12.9. The van der Waals surface area contributed by atoms with E-state index in [1.165, 1.54) is 11.1 Å². The summed E-state index contributed by atoms with van der Waals surface area (Å²) < 4.78 is 1.69. The number of hydrogen-bond donors (Lipinski definition) is 1. The van der Waals surface area contributed by atoms with Crippen molar-refractivity contribution in [1.82, 2.24) is 14.7 Å². The fourth-order valence-corrected chi connectivity index (χ4v) is 2.61. The van der Waals surface area contributed by atoms with Gasteiger partial charge in [-0.05, 0) is 25.3 Å². The van der Waals surface area contributed by atoms with E-state index in [1.54, 1.807) is 17.8 Å². The molecule has 0 saturated heterocycles. The monoisotopic (exact) mass is 313 g/mol. The van der Waals surface area contributed by atoms with Crippen LogP contribution in [0.15, 0.2) is 42.7 Å². The Balaban J connectivity index is 1.76. The van der Waals surface area contributed by atoms with Gasteiger partial charge < -0.3 is 10.0 Å². The molecule has 0 radical (unpaired) electrons. The van der Waals surface area contributed by atoms with Crippen LogP contribution in [-0.2, 0) is 11.3 Å². The zero-order chi connectivity index (χ0) is 16.4. The van der Waals surface area contributed by atoms with Crippen molar-refractivity contribution >= 4 is 11.9 Å². The fourth-order valence-electron chi connectivity index (χ4n) is 2.61. The van der Waals surface area contributed by atoms with E-state index in [0.717, 1.165) is 18.4 Å². The van der Waals surface area contributed by atoms with Crippen LogP contribution in [0.2, 0.25) is 0 Å². The van der Waals surface area contributed by atoms with E-state index in [0.29, 0.717) is 12.1 Å². The van der Waals surface area contributed by atoms with E-state index >= 15 is 0 Å². The number of nitrogens with zero attached hydrogens (tertiary/aromatic N) is 3. The van der Waals surface area contributed by atoms with Crippen LogP contribution in [0.5, 0.6) is 0 Å². The SMILES string of the molecule is CC(C(=O)O)N(C(=O)c1cnn(Cc2ccccc2)c1)C1CC1. The van der Waals surface area contributed by atoms with Gasteiger partial charge in [-0.1, -0.05) is 30.3 Å². The molecule has 1 aromatic carbocycles. The Morgan fingerprint density at radius 1 is 1.35 bits per heavy atom. The number of carboxylic acid groups (broad SMARTS) is 1. The van der Waals surface area contributed by atoms with Crippen molar-refractivity contribution in [2.24, 2.45) is 0 Å². The number of carbonyl (C=O) groups is 2. The molecule has 1 fully saturated rings. The van der Waals surface area contributed by atoms with Gasteiger partial charge in [0, 0.05) is 12.2 Å². The fraction of sp³-hybridized carbons (Fsp3) is 0.353. The van der Waals surface area contributed by atoms with Crippen LogP contribution in [0, 0.1) is 0 Å². The Bertz CT molecular complexity index is 707. The molecule has 23 heavy (non-hydrogen) atoms. The topological polar surface area (TPSA) is 75.4 Å². The van der Waals surface area contributed by atoms with E-state index in [4.69, 9.17) is 0 Å². The van der Waals surface area contributed by atoms with Crippen molar-refractivity contribution in [2.45, 2.75) is 38.4 Å². The number of hydrogen-bond acceptors (Lipinski definition) is 3. The summed E-state index contributed by atoms with van der Waals surface area (Å²) in [6, 6.07) is 9.04. The van der Waals surface area contributed by atoms with Crippen molar-refractivity contribution in [1.29, 1.82) is 0 Å². The third-order valence-corrected chi connectivity index (χ3v) is 4.02. The van der Waals surface area contributed by atoms with Crippen LogP contribution in [0.3, 0.4) is 0 Å². The molecule has 1 unspecified atom stereocenters. The second kappa shape index (κ2) is 6.24. The number of aliphatic carboxylic acids is 1. The largest absolute Gasteiger partial charge is 0.480 e. The highest BCUT2D eigenvalue weighted by molar-refractivity contribution is 5.96. The highest BCUT2D eigenvalue weighted by atomic mass is 16.4. The molecule has 6 heteroatoms. The smallest absolute Gasteiger partial charge is 0.326 e. The Hall–Kier alpha value is -2.63. The van der Waals surface area contributed by atoms with Gasteiger partial charge in [0.15, 0.2) is 0 Å². The lowest BCUT2D eigenvalue weighted by Crippen LogP contribution is -2.44. The lowest BCUT2D eigenvalue weighted by atomic mass is 10.2. The van der Waals surface area contributed by atoms with Crippen molar-refractivity contribution in [2.75, 3.05) is 0 Å². The van der Waals surface area contributed by atoms with Crippen LogP contribution in [0.1, 0.15) is 35.7 Å². The predicted octanol–water partition coefficient (Wildman–Crippen LogP) is 2.01. The molecule has 1 aromatic heterocycles. The van der Waals surface area contributed by atoms with Crippen LogP contribution in [-0.4, -0.2) is 43.7 Å². The van der Waals surface area contributed by atoms with E-state index in [2.05, 4.69) is 5.10 Å². The number of carboxylic acids is 1. The second-order valence-corrected chi connectivity index (χ2v) is 5.87. The van der Waals surface area contributed by atoms with Gasteiger partial charge >= 0.3 is 5.97 Å². The Kier molecular flexibility index (Phi) is 4.14. The summed E-state index contributed by atoms with van der Waals surface area (Å²) in [5.41, 5.74) is 1.52. The van der Waals surface area contributed by atoms with Crippen LogP contribution >= 0.6 is 0 Å². The Morgan fingerprint density at radius 2 is 2.04 bits per heavy atom. The first kappa shape index (κ1) is 15.3. The summed E-state index contributed by atoms with van der Waals surface area (Å²) in [5.74, 6) is -1.25. The number of amides is 1. The maximum Gasteiger partial charge on any atom is 0.326 e. The molecule has 1 amide bonds. The van der Waals surface area contributed by atoms with Gasteiger partial charge in [0.05, 0.1) is 18.3 Å². The summed E-state index contributed by atoms with van der Waals surface area (Å²) in [6.45, 7) is 2.12. The van der Waals surface area contributed by atoms with Gasteiger partial charge in [0.2, 0.25) is 0 Å². The maximum atomic E-state index is 12.6. The molecule has 0 bridgehead atoms. The molecule has 120 valence electrons. The predicted molar refractivity (Wildman–Crippen MR) is 84.1 cm³/mol. The molecule has 2 aromatic rings. The van der Waals surface area contributed by atoms with Gasteiger partial charge in [0.1, 0.15) is 6.04 Å². The highest BCUT2D eigenvalue weighted by Gasteiger charge is 2.39. The van der Waals surface area contributed by atoms with Crippen LogP contribution in [0.25, 0.3) is 0 Å². The van der Waals surface area contributed by atoms with Gasteiger partial charge in [-0.25, -0.2) is 4.79 Å². The molecule has 1 aliphatic carbocycles. The molecule has 1 N–H and O–H groups in total. The molecular weight excluding hydrogens is 294 g/mol.